The molecule has 2 amide bonds. The number of fused-ring (bicyclic) bond motifs is 1. The highest BCUT2D eigenvalue weighted by Crippen LogP contribution is 2.50. The van der Waals surface area contributed by atoms with Gasteiger partial charge in [-0.05, 0) is 30.0 Å². The summed E-state index contributed by atoms with van der Waals surface area (Å²) in [5.74, 6) is -5.09. The van der Waals surface area contributed by atoms with Gasteiger partial charge in [-0.1, -0.05) is 44.2 Å². The molecule has 4 rings (SSSR count). The van der Waals surface area contributed by atoms with Crippen molar-refractivity contribution in [1.82, 2.24) is 10.6 Å². The molecule has 1 aliphatic carbocycles. The zero-order valence-corrected chi connectivity index (χ0v) is 16.6. The molecule has 168 valence electrons. The van der Waals surface area contributed by atoms with Crippen LogP contribution in [0.4, 0.5) is 13.2 Å². The minimum absolute atomic E-state index is 0.0835. The van der Waals surface area contributed by atoms with Gasteiger partial charge in [0.1, 0.15) is 11.3 Å². The number of ether oxygens (including phenoxy) is 1. The second kappa shape index (κ2) is 7.81. The molecule has 2 heterocycles. The number of rotatable bonds is 5. The monoisotopic (exact) mass is 440 g/mol. The molecule has 1 aromatic rings. The van der Waals surface area contributed by atoms with Crippen molar-refractivity contribution in [2.75, 3.05) is 0 Å². The van der Waals surface area contributed by atoms with Crippen molar-refractivity contribution in [2.24, 2.45) is 17.8 Å². The highest BCUT2D eigenvalue weighted by atomic mass is 19.4. The molecule has 3 aliphatic rings. The van der Waals surface area contributed by atoms with Crippen molar-refractivity contribution < 1.29 is 37.4 Å². The number of amides is 2. The second-order valence-corrected chi connectivity index (χ2v) is 8.58. The maximum absolute atomic E-state index is 12.7. The normalized spacial score (nSPS) is 31.4. The van der Waals surface area contributed by atoms with Crippen LogP contribution in [-0.2, 0) is 14.4 Å². The van der Waals surface area contributed by atoms with E-state index in [0.29, 0.717) is 0 Å². The number of carboxylic acids is 1. The summed E-state index contributed by atoms with van der Waals surface area (Å²) in [5, 5.41) is 15.4. The van der Waals surface area contributed by atoms with Crippen molar-refractivity contribution in [2.45, 2.75) is 56.5 Å². The molecule has 4 atom stereocenters. The van der Waals surface area contributed by atoms with Gasteiger partial charge in [0.05, 0.1) is 11.8 Å². The van der Waals surface area contributed by atoms with Crippen molar-refractivity contribution >= 4 is 17.8 Å². The van der Waals surface area contributed by atoms with Gasteiger partial charge < -0.3 is 9.84 Å². The lowest BCUT2D eigenvalue weighted by atomic mass is 9.72. The molecule has 3 N–H and O–H groups in total. The first-order valence-electron chi connectivity index (χ1n) is 10.3. The summed E-state index contributed by atoms with van der Waals surface area (Å²) >= 11 is 0. The number of alkyl halides is 3. The summed E-state index contributed by atoms with van der Waals surface area (Å²) in [5.41, 5.74) is -1.41. The van der Waals surface area contributed by atoms with Crippen LogP contribution in [0.5, 0.6) is 5.75 Å². The first-order valence-corrected chi connectivity index (χ1v) is 10.3. The second-order valence-electron chi connectivity index (χ2n) is 8.58. The Labute approximate surface area is 176 Å². The fraction of sp³-hybridized carbons (Fsp3) is 0.571. The minimum atomic E-state index is -4.89. The molecule has 1 aromatic carbocycles. The molecule has 2 aliphatic heterocycles. The lowest BCUT2D eigenvalue weighted by molar-refractivity contribution is -0.274. The number of nitrogens with one attached hydrogen (secondary N) is 2. The standard InChI is InChI=1S/C21H23F3N2O5/c22-21(23,24)31-13-8-4-7-12(9-13)16-14-15(18(28)25-17(14)27)20(26-16,19(29)30)10-11-5-2-1-3-6-11/h4,7-9,11,14-16,26H,1-3,5-6,10H2,(H,29,30)(H,25,27,28). The highest BCUT2D eigenvalue weighted by molar-refractivity contribution is 6.09. The number of hydrogen-bond donors (Lipinski definition) is 3. The van der Waals surface area contributed by atoms with Crippen LogP contribution in [0, 0.1) is 17.8 Å². The van der Waals surface area contributed by atoms with Crippen LogP contribution in [0.2, 0.25) is 0 Å². The highest BCUT2D eigenvalue weighted by Gasteiger charge is 2.66. The number of carbonyl (C=O) groups excluding carboxylic acids is 2. The molecule has 10 heteroatoms. The first-order chi connectivity index (χ1) is 14.6. The number of benzene rings is 1. The maximum atomic E-state index is 12.7. The number of aliphatic carboxylic acids is 1. The van der Waals surface area contributed by atoms with E-state index in [1.165, 1.54) is 12.1 Å². The molecule has 4 unspecified atom stereocenters. The average molecular weight is 440 g/mol. The maximum Gasteiger partial charge on any atom is 0.573 e. The van der Waals surface area contributed by atoms with Gasteiger partial charge in [0.25, 0.3) is 0 Å². The average Bonchev–Trinajstić information content (AvgIpc) is 3.19. The van der Waals surface area contributed by atoms with Crippen LogP contribution in [0.3, 0.4) is 0 Å². The molecule has 0 radical (unpaired) electrons. The summed E-state index contributed by atoms with van der Waals surface area (Å²) in [4.78, 5) is 37.7. The van der Waals surface area contributed by atoms with E-state index in [4.69, 9.17) is 0 Å². The van der Waals surface area contributed by atoms with Crippen molar-refractivity contribution in [3.05, 3.63) is 29.8 Å². The van der Waals surface area contributed by atoms with Crippen LogP contribution in [-0.4, -0.2) is 34.8 Å². The number of hydrogen-bond acceptors (Lipinski definition) is 5. The molecule has 0 aromatic heterocycles. The molecule has 31 heavy (non-hydrogen) atoms. The molecule has 7 nitrogen and oxygen atoms in total. The SMILES string of the molecule is O=C1NC(=O)C2C1C(c1cccc(OC(F)(F)F)c1)NC2(CC1CCCCC1)C(=O)O. The van der Waals surface area contributed by atoms with Crippen LogP contribution < -0.4 is 15.4 Å². The fourth-order valence-corrected chi connectivity index (χ4v) is 5.44. The molecule has 2 saturated heterocycles. The van der Waals surface area contributed by atoms with E-state index in [1.807, 2.05) is 0 Å². The Kier molecular flexibility index (Phi) is 5.45. The van der Waals surface area contributed by atoms with Crippen LogP contribution in [0.25, 0.3) is 0 Å². The molecule has 0 spiro atoms. The van der Waals surface area contributed by atoms with Crippen molar-refractivity contribution in [3.63, 3.8) is 0 Å². The summed E-state index contributed by atoms with van der Waals surface area (Å²) in [6.07, 6.45) is -0.0218. The molecular weight excluding hydrogens is 417 g/mol. The lowest BCUT2D eigenvalue weighted by Gasteiger charge is -2.35. The largest absolute Gasteiger partial charge is 0.573 e. The van der Waals surface area contributed by atoms with Gasteiger partial charge in [-0.25, -0.2) is 0 Å². The lowest BCUT2D eigenvalue weighted by Crippen LogP contribution is -2.56. The van der Waals surface area contributed by atoms with E-state index >= 15 is 0 Å². The Morgan fingerprint density at radius 3 is 2.52 bits per heavy atom. The van der Waals surface area contributed by atoms with Gasteiger partial charge in [-0.2, -0.15) is 0 Å². The topological polar surface area (TPSA) is 105 Å². The Morgan fingerprint density at radius 1 is 1.16 bits per heavy atom. The summed E-state index contributed by atoms with van der Waals surface area (Å²) < 4.78 is 41.9. The van der Waals surface area contributed by atoms with Crippen LogP contribution >= 0.6 is 0 Å². The van der Waals surface area contributed by atoms with Gasteiger partial charge >= 0.3 is 12.3 Å². The van der Waals surface area contributed by atoms with E-state index in [9.17, 15) is 32.7 Å². The number of imide groups is 1. The Balaban J connectivity index is 1.71. The van der Waals surface area contributed by atoms with E-state index in [1.54, 1.807) is 0 Å². The number of halogens is 3. The third-order valence-corrected chi connectivity index (χ3v) is 6.66. The minimum Gasteiger partial charge on any atom is -0.480 e. The molecular formula is C21H23F3N2O5. The Morgan fingerprint density at radius 2 is 1.87 bits per heavy atom. The number of carboxylic acid groups (broad SMARTS) is 1. The van der Waals surface area contributed by atoms with Crippen LogP contribution in [0.15, 0.2) is 24.3 Å². The predicted molar refractivity (Wildman–Crippen MR) is 101 cm³/mol. The van der Waals surface area contributed by atoms with Gasteiger partial charge in [-0.3, -0.25) is 25.0 Å². The zero-order chi connectivity index (χ0) is 22.4. The van der Waals surface area contributed by atoms with E-state index in [0.717, 1.165) is 44.2 Å². The van der Waals surface area contributed by atoms with E-state index in [-0.39, 0.29) is 17.9 Å². The Hall–Kier alpha value is -2.62. The van der Waals surface area contributed by atoms with Gasteiger partial charge in [-0.15, -0.1) is 13.2 Å². The number of carbonyl (C=O) groups is 3. The first kappa shape index (κ1) is 21.6. The van der Waals surface area contributed by atoms with Crippen molar-refractivity contribution in [1.29, 1.82) is 0 Å². The van der Waals surface area contributed by atoms with Crippen molar-refractivity contribution in [3.8, 4) is 5.75 Å². The van der Waals surface area contributed by atoms with E-state index < -0.39 is 53.3 Å². The summed E-state index contributed by atoms with van der Waals surface area (Å²) in [7, 11) is 0. The quantitative estimate of drug-likeness (QED) is 0.609. The Bertz CT molecular complexity index is 899. The summed E-state index contributed by atoms with van der Waals surface area (Å²) in [6.45, 7) is 0. The zero-order valence-electron chi connectivity index (χ0n) is 16.6. The summed E-state index contributed by atoms with van der Waals surface area (Å²) in [6, 6.07) is 4.14. The predicted octanol–water partition coefficient (Wildman–Crippen LogP) is 2.91. The van der Waals surface area contributed by atoms with Gasteiger partial charge in [0.15, 0.2) is 0 Å². The van der Waals surface area contributed by atoms with Gasteiger partial charge in [0.2, 0.25) is 11.8 Å². The molecule has 1 saturated carbocycles. The fourth-order valence-electron chi connectivity index (χ4n) is 5.44. The molecule has 3 fully saturated rings. The van der Waals surface area contributed by atoms with E-state index in [2.05, 4.69) is 15.4 Å². The van der Waals surface area contributed by atoms with Crippen LogP contribution in [0.1, 0.15) is 50.1 Å². The molecule has 0 bridgehead atoms. The van der Waals surface area contributed by atoms with Gasteiger partial charge in [0, 0.05) is 6.04 Å². The third kappa shape index (κ3) is 4.00. The third-order valence-electron chi connectivity index (χ3n) is 6.66. The smallest absolute Gasteiger partial charge is 0.480 e.